The highest BCUT2D eigenvalue weighted by Crippen LogP contribution is 2.15. The minimum Gasteiger partial charge on any atom is -0.366 e. The Labute approximate surface area is 118 Å². The van der Waals surface area contributed by atoms with E-state index in [9.17, 15) is 0 Å². The molecule has 3 heterocycles. The van der Waals surface area contributed by atoms with Crippen LogP contribution in [0.1, 0.15) is 19.8 Å². The summed E-state index contributed by atoms with van der Waals surface area (Å²) in [5.41, 5.74) is 0. The molecule has 20 heavy (non-hydrogen) atoms. The fourth-order valence-corrected chi connectivity index (χ4v) is 2.63. The van der Waals surface area contributed by atoms with E-state index >= 15 is 0 Å². The van der Waals surface area contributed by atoms with Crippen LogP contribution >= 0.6 is 0 Å². The molecule has 1 fully saturated rings. The molecule has 0 spiro atoms. The van der Waals surface area contributed by atoms with Gasteiger partial charge in [0.1, 0.15) is 12.1 Å². The minimum absolute atomic E-state index is 0.462. The number of rotatable bonds is 4. The topological polar surface area (TPSA) is 58.9 Å². The largest absolute Gasteiger partial charge is 0.366 e. The normalized spacial score (nSPS) is 19.9. The van der Waals surface area contributed by atoms with E-state index in [1.165, 1.54) is 19.4 Å². The Bertz CT molecular complexity index is 538. The lowest BCUT2D eigenvalue weighted by molar-refractivity contribution is 0.226. The molecule has 1 aliphatic heterocycles. The maximum absolute atomic E-state index is 4.31. The first-order chi connectivity index (χ1) is 9.85. The summed E-state index contributed by atoms with van der Waals surface area (Å²) in [5.74, 6) is 1.66. The Morgan fingerprint density at radius 1 is 1.40 bits per heavy atom. The van der Waals surface area contributed by atoms with Crippen LogP contribution in [0.15, 0.2) is 30.9 Å². The second-order valence-electron chi connectivity index (χ2n) is 5.09. The van der Waals surface area contributed by atoms with Crippen LogP contribution in [0.2, 0.25) is 0 Å². The fourth-order valence-electron chi connectivity index (χ4n) is 2.63. The number of hydrogen-bond donors (Lipinski definition) is 1. The molecule has 0 aliphatic carbocycles. The van der Waals surface area contributed by atoms with Crippen LogP contribution in [0.25, 0.3) is 5.82 Å². The molecule has 0 saturated carbocycles. The van der Waals surface area contributed by atoms with Crippen molar-refractivity contribution in [3.05, 3.63) is 30.9 Å². The number of likely N-dealkylation sites (N-methyl/N-ethyl adjacent to an activating group) is 1. The molecule has 1 aliphatic rings. The van der Waals surface area contributed by atoms with Crippen LogP contribution in [0, 0.1) is 0 Å². The Morgan fingerprint density at radius 2 is 2.35 bits per heavy atom. The molecule has 1 N–H and O–H groups in total. The van der Waals surface area contributed by atoms with Gasteiger partial charge in [-0.05, 0) is 32.0 Å². The summed E-state index contributed by atoms with van der Waals surface area (Å²) in [7, 11) is 0. The minimum atomic E-state index is 0.462. The van der Waals surface area contributed by atoms with Gasteiger partial charge in [-0.25, -0.2) is 14.6 Å². The maximum Gasteiger partial charge on any atom is 0.158 e. The predicted octanol–water partition coefficient (Wildman–Crippen LogP) is 1.56. The summed E-state index contributed by atoms with van der Waals surface area (Å²) in [6.45, 7) is 5.61. The van der Waals surface area contributed by atoms with Crippen molar-refractivity contribution >= 4 is 5.82 Å². The number of nitrogens with one attached hydrogen (secondary N) is 1. The third kappa shape index (κ3) is 2.96. The Balaban J connectivity index is 1.70. The Morgan fingerprint density at radius 3 is 3.15 bits per heavy atom. The summed E-state index contributed by atoms with van der Waals surface area (Å²) in [5, 5.41) is 7.70. The molecule has 0 unspecified atom stereocenters. The van der Waals surface area contributed by atoms with Crippen LogP contribution < -0.4 is 5.32 Å². The van der Waals surface area contributed by atoms with Crippen molar-refractivity contribution < 1.29 is 0 Å². The zero-order chi connectivity index (χ0) is 13.8. The first-order valence-corrected chi connectivity index (χ1v) is 7.16. The lowest BCUT2D eigenvalue weighted by Gasteiger charge is -2.32. The smallest absolute Gasteiger partial charge is 0.158 e. The number of anilines is 1. The van der Waals surface area contributed by atoms with E-state index < -0.39 is 0 Å². The van der Waals surface area contributed by atoms with Gasteiger partial charge < -0.3 is 10.2 Å². The van der Waals surface area contributed by atoms with Gasteiger partial charge in [0.05, 0.1) is 0 Å². The van der Waals surface area contributed by atoms with Crippen molar-refractivity contribution in [1.82, 2.24) is 24.6 Å². The van der Waals surface area contributed by atoms with Crippen molar-refractivity contribution in [1.29, 1.82) is 0 Å². The summed E-state index contributed by atoms with van der Waals surface area (Å²) in [6, 6.07) is 4.29. The molecule has 1 saturated heterocycles. The van der Waals surface area contributed by atoms with Gasteiger partial charge in [0.2, 0.25) is 0 Å². The molecule has 6 heteroatoms. The molecule has 0 bridgehead atoms. The highest BCUT2D eigenvalue weighted by molar-refractivity contribution is 5.41. The molecule has 2 aromatic heterocycles. The zero-order valence-corrected chi connectivity index (χ0v) is 11.7. The summed E-state index contributed by atoms with van der Waals surface area (Å²) >= 11 is 0. The van der Waals surface area contributed by atoms with Gasteiger partial charge in [-0.3, -0.25) is 0 Å². The third-order valence-electron chi connectivity index (χ3n) is 3.70. The standard InChI is InChI=1S/C14H20N6/c1-2-19-7-3-5-12(10-19)18-13-9-14(16-11-15-13)20-8-4-6-17-20/h4,6,8-9,11-12H,2-3,5,7,10H2,1H3,(H,15,16,18)/t12-/m0/s1. The van der Waals surface area contributed by atoms with Gasteiger partial charge in [-0.15, -0.1) is 0 Å². The summed E-state index contributed by atoms with van der Waals surface area (Å²) < 4.78 is 1.74. The molecule has 106 valence electrons. The van der Waals surface area contributed by atoms with Crippen LogP contribution in [0.3, 0.4) is 0 Å². The monoisotopic (exact) mass is 272 g/mol. The van der Waals surface area contributed by atoms with Crippen LogP contribution in [-0.2, 0) is 0 Å². The van der Waals surface area contributed by atoms with Gasteiger partial charge in [0.25, 0.3) is 0 Å². The molecule has 0 aromatic carbocycles. The van der Waals surface area contributed by atoms with E-state index in [4.69, 9.17) is 0 Å². The van der Waals surface area contributed by atoms with Crippen molar-refractivity contribution in [2.45, 2.75) is 25.8 Å². The van der Waals surface area contributed by atoms with E-state index in [0.29, 0.717) is 6.04 Å². The number of aromatic nitrogens is 4. The molecule has 1 atom stereocenters. The van der Waals surface area contributed by atoms with Crippen molar-refractivity contribution in [2.75, 3.05) is 25.0 Å². The quantitative estimate of drug-likeness (QED) is 0.915. The molecule has 2 aromatic rings. The summed E-state index contributed by atoms with van der Waals surface area (Å²) in [4.78, 5) is 11.0. The lowest BCUT2D eigenvalue weighted by atomic mass is 10.1. The van der Waals surface area contributed by atoms with Crippen LogP contribution in [0.5, 0.6) is 0 Å². The van der Waals surface area contributed by atoms with Gasteiger partial charge in [0, 0.05) is 31.0 Å². The average molecular weight is 272 g/mol. The van der Waals surface area contributed by atoms with Crippen molar-refractivity contribution in [2.24, 2.45) is 0 Å². The van der Waals surface area contributed by atoms with Crippen molar-refractivity contribution in [3.8, 4) is 5.82 Å². The van der Waals surface area contributed by atoms with Crippen molar-refractivity contribution in [3.63, 3.8) is 0 Å². The van der Waals surface area contributed by atoms with E-state index in [-0.39, 0.29) is 0 Å². The second kappa shape index (κ2) is 6.00. The van der Waals surface area contributed by atoms with E-state index in [2.05, 4.69) is 32.2 Å². The number of piperidine rings is 1. The van der Waals surface area contributed by atoms with Gasteiger partial charge >= 0.3 is 0 Å². The predicted molar refractivity (Wildman–Crippen MR) is 77.9 cm³/mol. The SMILES string of the molecule is CCN1CCC[C@H](Nc2cc(-n3cccn3)ncn2)C1. The average Bonchev–Trinajstić information content (AvgIpc) is 3.02. The van der Waals surface area contributed by atoms with Gasteiger partial charge in [-0.1, -0.05) is 6.92 Å². The highest BCUT2D eigenvalue weighted by Gasteiger charge is 2.18. The third-order valence-corrected chi connectivity index (χ3v) is 3.70. The molecular formula is C14H20N6. The molecule has 3 rings (SSSR count). The summed E-state index contributed by atoms with van der Waals surface area (Å²) in [6.07, 6.45) is 7.64. The highest BCUT2D eigenvalue weighted by atomic mass is 15.3. The maximum atomic E-state index is 4.31. The van der Waals surface area contributed by atoms with Gasteiger partial charge in [0.15, 0.2) is 5.82 Å². The molecule has 0 amide bonds. The van der Waals surface area contributed by atoms with Gasteiger partial charge in [-0.2, -0.15) is 5.10 Å². The van der Waals surface area contributed by atoms with E-state index in [1.807, 2.05) is 18.3 Å². The first-order valence-electron chi connectivity index (χ1n) is 7.16. The number of hydrogen-bond acceptors (Lipinski definition) is 5. The zero-order valence-electron chi connectivity index (χ0n) is 11.7. The molecular weight excluding hydrogens is 252 g/mol. The Kier molecular flexibility index (Phi) is 3.92. The van der Waals surface area contributed by atoms with Crippen LogP contribution in [0.4, 0.5) is 5.82 Å². The second-order valence-corrected chi connectivity index (χ2v) is 5.09. The lowest BCUT2D eigenvalue weighted by Crippen LogP contribution is -2.42. The Hall–Kier alpha value is -1.95. The first kappa shape index (κ1) is 13.1. The van der Waals surface area contributed by atoms with Crippen LogP contribution in [-0.4, -0.2) is 50.3 Å². The number of nitrogens with zero attached hydrogens (tertiary/aromatic N) is 5. The number of likely N-dealkylation sites (tertiary alicyclic amines) is 1. The fraction of sp³-hybridized carbons (Fsp3) is 0.500. The van der Waals surface area contributed by atoms with E-state index in [0.717, 1.165) is 24.7 Å². The molecule has 0 radical (unpaired) electrons. The van der Waals surface area contributed by atoms with E-state index in [1.54, 1.807) is 17.2 Å². The molecule has 6 nitrogen and oxygen atoms in total.